The number of nitrogens with zero attached hydrogens (tertiary/aromatic N) is 4. The Balaban J connectivity index is 1.68. The molecule has 0 aliphatic carbocycles. The van der Waals surface area contributed by atoms with Crippen LogP contribution in [0.5, 0.6) is 11.5 Å². The quantitative estimate of drug-likeness (QED) is 0.465. The van der Waals surface area contributed by atoms with Crippen molar-refractivity contribution < 1.29 is 9.47 Å². The summed E-state index contributed by atoms with van der Waals surface area (Å²) in [4.78, 5) is 4.78. The van der Waals surface area contributed by atoms with Crippen molar-refractivity contribution in [3.63, 3.8) is 0 Å². The van der Waals surface area contributed by atoms with Gasteiger partial charge < -0.3 is 14.0 Å². The predicted octanol–water partition coefficient (Wildman–Crippen LogP) is 4.31. The first-order valence-electron chi connectivity index (χ1n) is 8.70. The van der Waals surface area contributed by atoms with Crippen molar-refractivity contribution in [2.24, 2.45) is 0 Å². The Morgan fingerprint density at radius 2 is 1.89 bits per heavy atom. The first-order chi connectivity index (χ1) is 13.2. The highest BCUT2D eigenvalue weighted by molar-refractivity contribution is 7.98. The molecule has 2 aromatic heterocycles. The number of fused-ring (bicyclic) bond motifs is 3. The Kier molecular flexibility index (Phi) is 4.85. The fourth-order valence-corrected chi connectivity index (χ4v) is 3.97. The van der Waals surface area contributed by atoms with Gasteiger partial charge in [0.05, 0.1) is 19.7 Å². The molecular formula is C20H20N4O2S. The van der Waals surface area contributed by atoms with Crippen molar-refractivity contribution in [1.82, 2.24) is 19.7 Å². The summed E-state index contributed by atoms with van der Waals surface area (Å²) in [5.74, 6) is 2.28. The molecule has 2 heterocycles. The molecule has 0 aliphatic heterocycles. The number of benzene rings is 2. The van der Waals surface area contributed by atoms with E-state index >= 15 is 0 Å². The standard InChI is InChI=1S/C20H20N4O2S/c1-4-24-16-8-6-5-7-15(16)18-19(24)21-20(23-22-18)27-12-13-11-14(25-2)9-10-17(13)26-3/h5-11H,4,12H2,1-3H3. The zero-order valence-electron chi connectivity index (χ0n) is 15.5. The molecule has 0 fully saturated rings. The number of rotatable bonds is 6. The highest BCUT2D eigenvalue weighted by Gasteiger charge is 2.14. The first kappa shape index (κ1) is 17.6. The Morgan fingerprint density at radius 1 is 1.04 bits per heavy atom. The largest absolute Gasteiger partial charge is 0.497 e. The number of aromatic nitrogens is 4. The molecule has 2 aromatic carbocycles. The lowest BCUT2D eigenvalue weighted by atomic mass is 10.2. The number of aryl methyl sites for hydroxylation is 1. The molecule has 0 aliphatic rings. The number of hydrogen-bond donors (Lipinski definition) is 0. The smallest absolute Gasteiger partial charge is 0.211 e. The van der Waals surface area contributed by atoms with Crippen molar-refractivity contribution >= 4 is 33.8 Å². The summed E-state index contributed by atoms with van der Waals surface area (Å²) in [5, 5.41) is 10.5. The molecule has 4 aromatic rings. The molecule has 7 heteroatoms. The van der Waals surface area contributed by atoms with Crippen LogP contribution in [0.1, 0.15) is 12.5 Å². The number of thioether (sulfide) groups is 1. The second-order valence-corrected chi connectivity index (χ2v) is 6.94. The first-order valence-corrected chi connectivity index (χ1v) is 9.69. The third-order valence-corrected chi connectivity index (χ3v) is 5.40. The summed E-state index contributed by atoms with van der Waals surface area (Å²) in [5.41, 5.74) is 3.87. The second-order valence-electron chi connectivity index (χ2n) is 5.99. The van der Waals surface area contributed by atoms with Crippen LogP contribution in [0.15, 0.2) is 47.6 Å². The van der Waals surface area contributed by atoms with Crippen molar-refractivity contribution in [1.29, 1.82) is 0 Å². The Hall–Kier alpha value is -2.80. The van der Waals surface area contributed by atoms with E-state index in [9.17, 15) is 0 Å². The molecule has 0 N–H and O–H groups in total. The van der Waals surface area contributed by atoms with Gasteiger partial charge in [-0.3, -0.25) is 0 Å². The SMILES string of the molecule is CCn1c2ccccc2c2nnc(SCc3cc(OC)ccc3OC)nc21. The third kappa shape index (κ3) is 3.19. The van der Waals surface area contributed by atoms with Crippen LogP contribution < -0.4 is 9.47 Å². The van der Waals surface area contributed by atoms with E-state index in [0.29, 0.717) is 10.9 Å². The van der Waals surface area contributed by atoms with E-state index in [1.807, 2.05) is 30.3 Å². The van der Waals surface area contributed by atoms with Crippen LogP contribution in [0, 0.1) is 0 Å². The van der Waals surface area contributed by atoms with E-state index in [2.05, 4.69) is 33.8 Å². The van der Waals surface area contributed by atoms with Gasteiger partial charge in [0, 0.05) is 23.2 Å². The van der Waals surface area contributed by atoms with Crippen molar-refractivity contribution in [3.05, 3.63) is 48.0 Å². The summed E-state index contributed by atoms with van der Waals surface area (Å²) < 4.78 is 12.9. The van der Waals surface area contributed by atoms with Crippen LogP contribution >= 0.6 is 11.8 Å². The summed E-state index contributed by atoms with van der Waals surface area (Å²) in [6.45, 7) is 2.94. The minimum absolute atomic E-state index is 0.643. The molecule has 0 saturated heterocycles. The Bertz CT molecular complexity index is 1110. The lowest BCUT2D eigenvalue weighted by molar-refractivity contribution is 0.400. The second kappa shape index (κ2) is 7.44. The number of hydrogen-bond acceptors (Lipinski definition) is 6. The maximum Gasteiger partial charge on any atom is 0.211 e. The third-order valence-electron chi connectivity index (χ3n) is 4.52. The fourth-order valence-electron chi connectivity index (χ4n) is 3.21. The summed E-state index contributed by atoms with van der Waals surface area (Å²) in [6.07, 6.45) is 0. The van der Waals surface area contributed by atoms with E-state index in [0.717, 1.165) is 45.7 Å². The van der Waals surface area contributed by atoms with Crippen LogP contribution in [-0.2, 0) is 12.3 Å². The predicted molar refractivity (Wildman–Crippen MR) is 108 cm³/mol. The fraction of sp³-hybridized carbons (Fsp3) is 0.250. The van der Waals surface area contributed by atoms with Gasteiger partial charge in [0.2, 0.25) is 5.16 Å². The van der Waals surface area contributed by atoms with Crippen LogP contribution in [0.3, 0.4) is 0 Å². The van der Waals surface area contributed by atoms with E-state index in [1.54, 1.807) is 14.2 Å². The minimum Gasteiger partial charge on any atom is -0.497 e. The topological polar surface area (TPSA) is 62.1 Å². The molecule has 6 nitrogen and oxygen atoms in total. The van der Waals surface area contributed by atoms with Crippen LogP contribution in [0.25, 0.3) is 22.1 Å². The number of para-hydroxylation sites is 1. The van der Waals surface area contributed by atoms with Crippen LogP contribution in [0.2, 0.25) is 0 Å². The van der Waals surface area contributed by atoms with Gasteiger partial charge in [-0.1, -0.05) is 30.0 Å². The van der Waals surface area contributed by atoms with E-state index in [-0.39, 0.29) is 0 Å². The van der Waals surface area contributed by atoms with Crippen LogP contribution in [-0.4, -0.2) is 34.0 Å². The van der Waals surface area contributed by atoms with E-state index in [4.69, 9.17) is 14.5 Å². The highest BCUT2D eigenvalue weighted by atomic mass is 32.2. The number of ether oxygens (including phenoxy) is 2. The molecule has 0 saturated carbocycles. The lowest BCUT2D eigenvalue weighted by Crippen LogP contribution is -1.99. The summed E-state index contributed by atoms with van der Waals surface area (Å²) in [6, 6.07) is 14.0. The van der Waals surface area contributed by atoms with Gasteiger partial charge in [-0.2, -0.15) is 0 Å². The number of methoxy groups -OCH3 is 2. The molecule has 0 unspecified atom stereocenters. The van der Waals surface area contributed by atoms with Crippen molar-refractivity contribution in [2.45, 2.75) is 24.4 Å². The maximum atomic E-state index is 5.45. The van der Waals surface area contributed by atoms with E-state index < -0.39 is 0 Å². The molecule has 0 amide bonds. The van der Waals surface area contributed by atoms with Gasteiger partial charge >= 0.3 is 0 Å². The highest BCUT2D eigenvalue weighted by Crippen LogP contribution is 2.31. The Morgan fingerprint density at radius 3 is 2.67 bits per heavy atom. The average Bonchev–Trinajstić information content (AvgIpc) is 3.04. The monoisotopic (exact) mass is 380 g/mol. The van der Waals surface area contributed by atoms with Gasteiger partial charge in [-0.15, -0.1) is 10.2 Å². The summed E-state index contributed by atoms with van der Waals surface area (Å²) >= 11 is 1.53. The molecule has 0 radical (unpaired) electrons. The van der Waals surface area contributed by atoms with Gasteiger partial charge in [0.1, 0.15) is 17.0 Å². The molecule has 27 heavy (non-hydrogen) atoms. The van der Waals surface area contributed by atoms with Crippen molar-refractivity contribution in [3.8, 4) is 11.5 Å². The van der Waals surface area contributed by atoms with E-state index in [1.165, 1.54) is 11.8 Å². The zero-order valence-corrected chi connectivity index (χ0v) is 16.3. The maximum absolute atomic E-state index is 5.45. The van der Waals surface area contributed by atoms with Crippen molar-refractivity contribution in [2.75, 3.05) is 14.2 Å². The molecule has 0 atom stereocenters. The Labute approximate surface area is 161 Å². The van der Waals surface area contributed by atoms with Crippen LogP contribution in [0.4, 0.5) is 0 Å². The van der Waals surface area contributed by atoms with Gasteiger partial charge in [-0.05, 0) is 31.2 Å². The van der Waals surface area contributed by atoms with Gasteiger partial charge in [-0.25, -0.2) is 4.98 Å². The molecule has 138 valence electrons. The molecule has 0 spiro atoms. The summed E-state index contributed by atoms with van der Waals surface area (Å²) in [7, 11) is 3.32. The normalized spacial score (nSPS) is 11.2. The van der Waals surface area contributed by atoms with Gasteiger partial charge in [0.15, 0.2) is 5.65 Å². The molecule has 0 bridgehead atoms. The lowest BCUT2D eigenvalue weighted by Gasteiger charge is -2.09. The molecule has 4 rings (SSSR count). The van der Waals surface area contributed by atoms with Gasteiger partial charge in [0.25, 0.3) is 0 Å². The molecular weight excluding hydrogens is 360 g/mol. The zero-order chi connectivity index (χ0) is 18.8. The minimum atomic E-state index is 0.643. The average molecular weight is 380 g/mol.